The van der Waals surface area contributed by atoms with Crippen LogP contribution in [0.3, 0.4) is 0 Å². The van der Waals surface area contributed by atoms with Crippen LogP contribution in [0.25, 0.3) is 0 Å². The average molecular weight is 169 g/mol. The van der Waals surface area contributed by atoms with Gasteiger partial charge >= 0.3 is 0 Å². The van der Waals surface area contributed by atoms with Gasteiger partial charge in [-0.15, -0.1) is 0 Å². The van der Waals surface area contributed by atoms with Crippen LogP contribution in [0.1, 0.15) is 47.0 Å². The topological polar surface area (TPSA) is 12.0 Å². The Kier molecular flexibility index (Phi) is 3.16. The summed E-state index contributed by atoms with van der Waals surface area (Å²) >= 11 is 0. The van der Waals surface area contributed by atoms with Crippen LogP contribution >= 0.6 is 0 Å². The predicted octanol–water partition coefficient (Wildman–Crippen LogP) is 2.81. The molecule has 0 saturated heterocycles. The molecule has 1 saturated carbocycles. The number of hydrogen-bond acceptors (Lipinski definition) is 1. The molecule has 72 valence electrons. The largest absolute Gasteiger partial charge is 0.313 e. The maximum atomic E-state index is 3.62. The molecular formula is C11H23N. The van der Waals surface area contributed by atoms with E-state index in [1.165, 1.54) is 25.8 Å². The zero-order chi connectivity index (χ0) is 9.19. The summed E-state index contributed by atoms with van der Waals surface area (Å²) in [6.45, 7) is 10.4. The van der Waals surface area contributed by atoms with Crippen molar-refractivity contribution in [2.24, 2.45) is 11.3 Å². The van der Waals surface area contributed by atoms with E-state index in [9.17, 15) is 0 Å². The summed E-state index contributed by atoms with van der Waals surface area (Å²) in [6.07, 6.45) is 4.35. The lowest BCUT2D eigenvalue weighted by Gasteiger charge is -2.32. The van der Waals surface area contributed by atoms with E-state index in [1.54, 1.807) is 0 Å². The summed E-state index contributed by atoms with van der Waals surface area (Å²) in [7, 11) is 0. The predicted molar refractivity (Wildman–Crippen MR) is 54.3 cm³/mol. The molecule has 0 aromatic heterocycles. The minimum atomic E-state index is 0.406. The Labute approximate surface area is 76.9 Å². The van der Waals surface area contributed by atoms with Gasteiger partial charge in [0.25, 0.3) is 0 Å². The van der Waals surface area contributed by atoms with E-state index < -0.39 is 0 Å². The number of rotatable bonds is 3. The van der Waals surface area contributed by atoms with Crippen molar-refractivity contribution in [3.63, 3.8) is 0 Å². The SMILES string of the molecule is C[C@@H](NCC1CCC1)C(C)(C)C. The van der Waals surface area contributed by atoms with Crippen molar-refractivity contribution in [1.29, 1.82) is 0 Å². The van der Waals surface area contributed by atoms with E-state index in [-0.39, 0.29) is 0 Å². The second-order valence-electron chi connectivity index (χ2n) is 5.29. The smallest absolute Gasteiger partial charge is 0.00873 e. The molecule has 12 heavy (non-hydrogen) atoms. The summed E-state index contributed by atoms with van der Waals surface area (Å²) in [6, 6.07) is 0.637. The van der Waals surface area contributed by atoms with Crippen molar-refractivity contribution in [3.8, 4) is 0 Å². The van der Waals surface area contributed by atoms with Gasteiger partial charge in [-0.05, 0) is 37.6 Å². The molecule has 0 radical (unpaired) electrons. The van der Waals surface area contributed by atoms with Gasteiger partial charge in [-0.3, -0.25) is 0 Å². The van der Waals surface area contributed by atoms with Crippen LogP contribution in [-0.4, -0.2) is 12.6 Å². The van der Waals surface area contributed by atoms with E-state index in [0.717, 1.165) is 5.92 Å². The minimum absolute atomic E-state index is 0.406. The van der Waals surface area contributed by atoms with Crippen molar-refractivity contribution >= 4 is 0 Å². The first kappa shape index (κ1) is 10.0. The molecule has 1 atom stereocenters. The molecular weight excluding hydrogens is 146 g/mol. The fourth-order valence-electron chi connectivity index (χ4n) is 1.35. The molecule has 0 heterocycles. The zero-order valence-corrected chi connectivity index (χ0v) is 8.98. The Balaban J connectivity index is 2.13. The first-order chi connectivity index (χ1) is 5.50. The molecule has 0 unspecified atom stereocenters. The van der Waals surface area contributed by atoms with Gasteiger partial charge < -0.3 is 5.32 Å². The third-order valence-electron chi connectivity index (χ3n) is 3.24. The van der Waals surface area contributed by atoms with E-state index in [4.69, 9.17) is 0 Å². The summed E-state index contributed by atoms with van der Waals surface area (Å²) < 4.78 is 0. The normalized spacial score (nSPS) is 22.0. The van der Waals surface area contributed by atoms with Gasteiger partial charge in [0.15, 0.2) is 0 Å². The van der Waals surface area contributed by atoms with Crippen molar-refractivity contribution in [1.82, 2.24) is 5.32 Å². The van der Waals surface area contributed by atoms with Crippen LogP contribution in [0.15, 0.2) is 0 Å². The molecule has 1 aliphatic rings. The third-order valence-corrected chi connectivity index (χ3v) is 3.24. The van der Waals surface area contributed by atoms with Gasteiger partial charge in [0.1, 0.15) is 0 Å². The Morgan fingerprint density at radius 3 is 2.25 bits per heavy atom. The maximum Gasteiger partial charge on any atom is 0.00873 e. The molecule has 0 aromatic rings. The number of nitrogens with one attached hydrogen (secondary N) is 1. The van der Waals surface area contributed by atoms with E-state index >= 15 is 0 Å². The standard InChI is InChI=1S/C11H23N/c1-9(11(2,3)4)12-8-10-6-5-7-10/h9-10,12H,5-8H2,1-4H3/t9-/m1/s1. The molecule has 1 N–H and O–H groups in total. The van der Waals surface area contributed by atoms with Crippen LogP contribution in [0.5, 0.6) is 0 Å². The highest BCUT2D eigenvalue weighted by molar-refractivity contribution is 4.79. The minimum Gasteiger partial charge on any atom is -0.313 e. The maximum absolute atomic E-state index is 3.62. The fraction of sp³-hybridized carbons (Fsp3) is 1.00. The average Bonchev–Trinajstić information content (AvgIpc) is 1.81. The summed E-state index contributed by atoms with van der Waals surface area (Å²) in [5.41, 5.74) is 0.406. The van der Waals surface area contributed by atoms with Crippen LogP contribution in [0, 0.1) is 11.3 Å². The molecule has 0 aliphatic heterocycles. The Hall–Kier alpha value is -0.0400. The quantitative estimate of drug-likeness (QED) is 0.685. The van der Waals surface area contributed by atoms with Crippen LogP contribution in [0.2, 0.25) is 0 Å². The van der Waals surface area contributed by atoms with Crippen molar-refractivity contribution in [2.75, 3.05) is 6.54 Å². The first-order valence-electron chi connectivity index (χ1n) is 5.23. The van der Waals surface area contributed by atoms with Crippen molar-refractivity contribution < 1.29 is 0 Å². The lowest BCUT2D eigenvalue weighted by atomic mass is 9.83. The Morgan fingerprint density at radius 1 is 1.33 bits per heavy atom. The van der Waals surface area contributed by atoms with Crippen molar-refractivity contribution in [2.45, 2.75) is 53.0 Å². The Bertz CT molecular complexity index is 130. The fourth-order valence-corrected chi connectivity index (χ4v) is 1.35. The molecule has 1 rings (SSSR count). The molecule has 1 heteroatoms. The molecule has 0 spiro atoms. The van der Waals surface area contributed by atoms with Gasteiger partial charge in [0, 0.05) is 6.04 Å². The number of hydrogen-bond donors (Lipinski definition) is 1. The van der Waals surface area contributed by atoms with Crippen LogP contribution < -0.4 is 5.32 Å². The first-order valence-corrected chi connectivity index (χ1v) is 5.23. The van der Waals surface area contributed by atoms with Gasteiger partial charge in [0.05, 0.1) is 0 Å². The molecule has 1 nitrogen and oxygen atoms in total. The monoisotopic (exact) mass is 169 g/mol. The Morgan fingerprint density at radius 2 is 1.92 bits per heavy atom. The van der Waals surface area contributed by atoms with Gasteiger partial charge in [-0.1, -0.05) is 27.2 Å². The second kappa shape index (κ2) is 3.78. The second-order valence-corrected chi connectivity index (χ2v) is 5.29. The van der Waals surface area contributed by atoms with E-state index in [2.05, 4.69) is 33.0 Å². The van der Waals surface area contributed by atoms with Crippen LogP contribution in [-0.2, 0) is 0 Å². The van der Waals surface area contributed by atoms with Gasteiger partial charge in [-0.25, -0.2) is 0 Å². The highest BCUT2D eigenvalue weighted by Gasteiger charge is 2.22. The van der Waals surface area contributed by atoms with Gasteiger partial charge in [-0.2, -0.15) is 0 Å². The summed E-state index contributed by atoms with van der Waals surface area (Å²) in [5, 5.41) is 3.62. The molecule has 0 aromatic carbocycles. The third kappa shape index (κ3) is 2.78. The lowest BCUT2D eigenvalue weighted by molar-refractivity contribution is 0.237. The zero-order valence-electron chi connectivity index (χ0n) is 8.98. The summed E-state index contributed by atoms with van der Waals surface area (Å²) in [4.78, 5) is 0. The lowest BCUT2D eigenvalue weighted by Crippen LogP contribution is -2.41. The molecule has 1 aliphatic carbocycles. The van der Waals surface area contributed by atoms with E-state index in [0.29, 0.717) is 11.5 Å². The highest BCUT2D eigenvalue weighted by Crippen LogP contribution is 2.26. The summed E-state index contributed by atoms with van der Waals surface area (Å²) in [5.74, 6) is 0.981. The molecule has 0 amide bonds. The highest BCUT2D eigenvalue weighted by atomic mass is 14.9. The molecule has 0 bridgehead atoms. The van der Waals surface area contributed by atoms with E-state index in [1.807, 2.05) is 0 Å². The van der Waals surface area contributed by atoms with Gasteiger partial charge in [0.2, 0.25) is 0 Å². The molecule has 1 fully saturated rings. The van der Waals surface area contributed by atoms with Crippen LogP contribution in [0.4, 0.5) is 0 Å². The van der Waals surface area contributed by atoms with Crippen molar-refractivity contribution in [3.05, 3.63) is 0 Å².